The fourth-order valence-corrected chi connectivity index (χ4v) is 3.33. The lowest BCUT2D eigenvalue weighted by atomic mass is 10.4. The summed E-state index contributed by atoms with van der Waals surface area (Å²) in [6.45, 7) is 6.45. The smallest absolute Gasteiger partial charge is 0.157 e. The van der Waals surface area contributed by atoms with Crippen molar-refractivity contribution < 1.29 is 0 Å². The molecule has 2 heterocycles. The summed E-state index contributed by atoms with van der Waals surface area (Å²) in [5, 5.41) is 5.64. The molecule has 1 aromatic rings. The molecule has 0 fully saturated rings. The summed E-state index contributed by atoms with van der Waals surface area (Å²) in [5.41, 5.74) is 0. The second-order valence-electron chi connectivity index (χ2n) is 3.98. The number of hydrogen-bond donors (Lipinski definition) is 1. The van der Waals surface area contributed by atoms with Gasteiger partial charge in [0.05, 0.1) is 12.1 Å². The van der Waals surface area contributed by atoms with Crippen LogP contribution in [0.1, 0.15) is 36.7 Å². The first-order valence-electron chi connectivity index (χ1n) is 5.60. The number of aliphatic imine (C=N–C) groups is 1. The molecule has 16 heavy (non-hydrogen) atoms. The molecular formula is C11H17N3S2. The predicted molar refractivity (Wildman–Crippen MR) is 72.4 cm³/mol. The van der Waals surface area contributed by atoms with Crippen LogP contribution in [-0.2, 0) is 6.42 Å². The van der Waals surface area contributed by atoms with Gasteiger partial charge in [-0.1, -0.05) is 18.7 Å². The Bertz CT molecular complexity index is 386. The first-order valence-corrected chi connectivity index (χ1v) is 7.41. The molecule has 1 aliphatic rings. The van der Waals surface area contributed by atoms with Crippen LogP contribution in [0.4, 0.5) is 0 Å². The summed E-state index contributed by atoms with van der Waals surface area (Å²) in [5.74, 6) is 1.09. The minimum absolute atomic E-state index is 0.266. The maximum atomic E-state index is 4.53. The van der Waals surface area contributed by atoms with Crippen molar-refractivity contribution in [1.29, 1.82) is 0 Å². The van der Waals surface area contributed by atoms with E-state index in [9.17, 15) is 0 Å². The zero-order chi connectivity index (χ0) is 11.5. The van der Waals surface area contributed by atoms with Gasteiger partial charge in [-0.25, -0.2) is 4.98 Å². The number of amidine groups is 1. The quantitative estimate of drug-likeness (QED) is 0.902. The Morgan fingerprint density at radius 1 is 1.62 bits per heavy atom. The van der Waals surface area contributed by atoms with E-state index < -0.39 is 0 Å². The van der Waals surface area contributed by atoms with Crippen LogP contribution in [0.25, 0.3) is 0 Å². The number of hydrogen-bond acceptors (Lipinski definition) is 5. The number of thiazole rings is 1. The first-order chi connectivity index (χ1) is 7.69. The molecule has 0 aromatic carbocycles. The Labute approximate surface area is 105 Å². The second-order valence-corrected chi connectivity index (χ2v) is 6.13. The van der Waals surface area contributed by atoms with E-state index in [2.05, 4.69) is 36.1 Å². The Morgan fingerprint density at radius 2 is 2.44 bits per heavy atom. The van der Waals surface area contributed by atoms with Gasteiger partial charge in [-0.15, -0.1) is 11.3 Å². The standard InChI is InChI=1S/C11H17N3S2/c1-4-9-5-12-10(16-9)8(3)14-11-13-7(2)6-15-11/h5,7-8H,4,6H2,1-3H3,(H,13,14). The second kappa shape index (κ2) is 5.19. The Kier molecular flexibility index (Phi) is 3.86. The van der Waals surface area contributed by atoms with Gasteiger partial charge in [0, 0.05) is 16.8 Å². The minimum Gasteiger partial charge on any atom is -0.356 e. The summed E-state index contributed by atoms with van der Waals surface area (Å²) < 4.78 is 0. The topological polar surface area (TPSA) is 37.3 Å². The van der Waals surface area contributed by atoms with E-state index in [1.807, 2.05) is 6.20 Å². The lowest BCUT2D eigenvalue weighted by molar-refractivity contribution is 0.712. The van der Waals surface area contributed by atoms with Gasteiger partial charge >= 0.3 is 0 Å². The summed E-state index contributed by atoms with van der Waals surface area (Å²) >= 11 is 3.59. The van der Waals surface area contributed by atoms with E-state index >= 15 is 0 Å². The monoisotopic (exact) mass is 255 g/mol. The molecule has 5 heteroatoms. The number of thioether (sulfide) groups is 1. The largest absolute Gasteiger partial charge is 0.356 e. The first kappa shape index (κ1) is 11.9. The maximum Gasteiger partial charge on any atom is 0.157 e. The van der Waals surface area contributed by atoms with E-state index in [1.165, 1.54) is 4.88 Å². The van der Waals surface area contributed by atoms with Crippen molar-refractivity contribution >= 4 is 28.3 Å². The van der Waals surface area contributed by atoms with Gasteiger partial charge < -0.3 is 5.32 Å². The SMILES string of the molecule is CCc1cnc(C(C)NC2=NC(C)CS2)s1. The van der Waals surface area contributed by atoms with Crippen LogP contribution in [0.2, 0.25) is 0 Å². The van der Waals surface area contributed by atoms with Crippen molar-refractivity contribution in [3.8, 4) is 0 Å². The van der Waals surface area contributed by atoms with Gasteiger partial charge in [-0.2, -0.15) is 0 Å². The molecule has 88 valence electrons. The molecule has 0 saturated carbocycles. The third-order valence-electron chi connectivity index (χ3n) is 2.43. The van der Waals surface area contributed by atoms with Crippen LogP contribution < -0.4 is 5.32 Å². The average molecular weight is 255 g/mol. The Hall–Kier alpha value is -0.550. The summed E-state index contributed by atoms with van der Waals surface area (Å²) in [6.07, 6.45) is 3.04. The van der Waals surface area contributed by atoms with Gasteiger partial charge in [-0.05, 0) is 20.3 Å². The van der Waals surface area contributed by atoms with E-state index in [0.717, 1.165) is 22.3 Å². The van der Waals surface area contributed by atoms with Crippen molar-refractivity contribution in [1.82, 2.24) is 10.3 Å². The maximum absolute atomic E-state index is 4.53. The number of nitrogens with zero attached hydrogens (tertiary/aromatic N) is 2. The van der Waals surface area contributed by atoms with Crippen LogP contribution in [0, 0.1) is 0 Å². The predicted octanol–water partition coefficient (Wildman–Crippen LogP) is 2.85. The van der Waals surface area contributed by atoms with Crippen molar-refractivity contribution in [3.63, 3.8) is 0 Å². The van der Waals surface area contributed by atoms with E-state index in [0.29, 0.717) is 6.04 Å². The zero-order valence-corrected chi connectivity index (χ0v) is 11.5. The highest BCUT2D eigenvalue weighted by Gasteiger charge is 2.17. The Morgan fingerprint density at radius 3 is 3.00 bits per heavy atom. The number of rotatable bonds is 3. The van der Waals surface area contributed by atoms with Gasteiger partial charge in [0.15, 0.2) is 5.17 Å². The van der Waals surface area contributed by atoms with Crippen LogP contribution in [0.15, 0.2) is 11.2 Å². The van der Waals surface area contributed by atoms with Crippen LogP contribution in [0.3, 0.4) is 0 Å². The molecule has 0 bridgehead atoms. The summed E-state index contributed by atoms with van der Waals surface area (Å²) in [6, 6.07) is 0.712. The molecule has 2 rings (SSSR count). The summed E-state index contributed by atoms with van der Waals surface area (Å²) in [4.78, 5) is 10.3. The van der Waals surface area contributed by atoms with Gasteiger partial charge in [0.2, 0.25) is 0 Å². The number of aromatic nitrogens is 1. The molecule has 2 unspecified atom stereocenters. The summed E-state index contributed by atoms with van der Waals surface area (Å²) in [7, 11) is 0. The minimum atomic E-state index is 0.266. The fourth-order valence-electron chi connectivity index (χ4n) is 1.49. The van der Waals surface area contributed by atoms with E-state index in [4.69, 9.17) is 0 Å². The molecule has 2 atom stereocenters. The number of aryl methyl sites for hydroxylation is 1. The molecule has 3 nitrogen and oxygen atoms in total. The van der Waals surface area contributed by atoms with Crippen LogP contribution in [0.5, 0.6) is 0 Å². The molecule has 0 spiro atoms. The lowest BCUT2D eigenvalue weighted by Gasteiger charge is -2.11. The highest BCUT2D eigenvalue weighted by molar-refractivity contribution is 8.14. The van der Waals surface area contributed by atoms with Crippen molar-refractivity contribution in [2.24, 2.45) is 4.99 Å². The molecule has 1 N–H and O–H groups in total. The average Bonchev–Trinajstić information content (AvgIpc) is 2.87. The third-order valence-corrected chi connectivity index (χ3v) is 4.90. The molecule has 0 amide bonds. The highest BCUT2D eigenvalue weighted by atomic mass is 32.2. The molecule has 0 saturated heterocycles. The molecule has 0 radical (unpaired) electrons. The zero-order valence-electron chi connectivity index (χ0n) is 9.86. The van der Waals surface area contributed by atoms with Crippen molar-refractivity contribution in [3.05, 3.63) is 16.1 Å². The fraction of sp³-hybridized carbons (Fsp3) is 0.636. The molecule has 1 aliphatic heterocycles. The van der Waals surface area contributed by atoms with Gasteiger partial charge in [-0.3, -0.25) is 4.99 Å². The van der Waals surface area contributed by atoms with Crippen LogP contribution in [-0.4, -0.2) is 21.9 Å². The third kappa shape index (κ3) is 2.77. The molecule has 1 aromatic heterocycles. The lowest BCUT2D eigenvalue weighted by Crippen LogP contribution is -2.22. The Balaban J connectivity index is 1.97. The van der Waals surface area contributed by atoms with E-state index in [1.54, 1.807) is 23.1 Å². The van der Waals surface area contributed by atoms with Gasteiger partial charge in [0.1, 0.15) is 5.01 Å². The van der Waals surface area contributed by atoms with Crippen LogP contribution >= 0.6 is 23.1 Å². The highest BCUT2D eigenvalue weighted by Crippen LogP contribution is 2.23. The molecular weight excluding hydrogens is 238 g/mol. The molecule has 0 aliphatic carbocycles. The van der Waals surface area contributed by atoms with Crippen molar-refractivity contribution in [2.75, 3.05) is 5.75 Å². The normalized spacial score (nSPS) is 21.9. The van der Waals surface area contributed by atoms with Crippen molar-refractivity contribution in [2.45, 2.75) is 39.3 Å². The number of nitrogens with one attached hydrogen (secondary N) is 1. The van der Waals surface area contributed by atoms with Gasteiger partial charge in [0.25, 0.3) is 0 Å². The van der Waals surface area contributed by atoms with E-state index in [-0.39, 0.29) is 6.04 Å².